The van der Waals surface area contributed by atoms with Crippen LogP contribution >= 0.6 is 27.7 Å². The van der Waals surface area contributed by atoms with Crippen LogP contribution in [0.25, 0.3) is 0 Å². The number of rotatable bonds is 6. The number of methoxy groups -OCH3 is 1. The molecule has 1 N–H and O–H groups in total. The number of anilines is 1. The second kappa shape index (κ2) is 7.03. The van der Waals surface area contributed by atoms with Crippen LogP contribution in [0.1, 0.15) is 6.42 Å². The van der Waals surface area contributed by atoms with Gasteiger partial charge in [-0.3, -0.25) is 0 Å². The van der Waals surface area contributed by atoms with Gasteiger partial charge in [-0.2, -0.15) is 0 Å². The lowest BCUT2D eigenvalue weighted by molar-refractivity contribution is 0.200. The fraction of sp³-hybridized carbons (Fsp3) is 0.556. The van der Waals surface area contributed by atoms with Gasteiger partial charge in [0, 0.05) is 26.5 Å². The predicted molar refractivity (Wildman–Crippen MR) is 66.5 cm³/mol. The van der Waals surface area contributed by atoms with Gasteiger partial charge in [0.15, 0.2) is 0 Å². The summed E-state index contributed by atoms with van der Waals surface area (Å²) in [6, 6.07) is 0. The summed E-state index contributed by atoms with van der Waals surface area (Å²) in [5.41, 5.74) is 0. The number of thioether (sulfide) groups is 1. The number of nitrogens with one attached hydrogen (secondary N) is 1. The van der Waals surface area contributed by atoms with E-state index in [9.17, 15) is 0 Å². The molecule has 0 spiro atoms. The lowest BCUT2D eigenvalue weighted by Gasteiger charge is -2.06. The van der Waals surface area contributed by atoms with Crippen LogP contribution in [-0.2, 0) is 4.74 Å². The minimum Gasteiger partial charge on any atom is -0.385 e. The van der Waals surface area contributed by atoms with E-state index in [2.05, 4.69) is 31.2 Å². The number of halogens is 1. The maximum absolute atomic E-state index is 4.98. The number of hydrogen-bond donors (Lipinski definition) is 1. The van der Waals surface area contributed by atoms with Crippen molar-refractivity contribution in [3.63, 3.8) is 0 Å². The smallest absolute Gasteiger partial charge is 0.144 e. The van der Waals surface area contributed by atoms with Crippen molar-refractivity contribution in [2.45, 2.75) is 11.4 Å². The number of hydrogen-bond acceptors (Lipinski definition) is 5. The first-order valence-corrected chi connectivity index (χ1v) is 6.37. The second-order valence-electron chi connectivity index (χ2n) is 2.79. The van der Waals surface area contributed by atoms with Crippen LogP contribution in [0.2, 0.25) is 0 Å². The molecule has 1 aromatic rings. The highest BCUT2D eigenvalue weighted by atomic mass is 79.9. The predicted octanol–water partition coefficient (Wildman–Crippen LogP) is 2.41. The molecule has 0 fully saturated rings. The fourth-order valence-corrected chi connectivity index (χ4v) is 2.55. The molecule has 4 nitrogen and oxygen atoms in total. The van der Waals surface area contributed by atoms with Crippen molar-refractivity contribution in [3.05, 3.63) is 10.8 Å². The summed E-state index contributed by atoms with van der Waals surface area (Å²) >= 11 is 5.17. The van der Waals surface area contributed by atoms with Gasteiger partial charge in [0.25, 0.3) is 0 Å². The zero-order valence-corrected chi connectivity index (χ0v) is 11.2. The molecular formula is C9H14BrN3OS. The summed E-state index contributed by atoms with van der Waals surface area (Å²) in [5.74, 6) is 1.81. The maximum Gasteiger partial charge on any atom is 0.144 e. The third kappa shape index (κ3) is 3.96. The van der Waals surface area contributed by atoms with Crippen molar-refractivity contribution >= 4 is 33.5 Å². The molecular weight excluding hydrogens is 278 g/mol. The van der Waals surface area contributed by atoms with Gasteiger partial charge < -0.3 is 10.1 Å². The van der Waals surface area contributed by atoms with Crippen LogP contribution in [0.3, 0.4) is 0 Å². The molecule has 15 heavy (non-hydrogen) atoms. The highest BCUT2D eigenvalue weighted by Gasteiger charge is 2.07. The molecule has 6 heteroatoms. The van der Waals surface area contributed by atoms with Crippen molar-refractivity contribution in [2.75, 3.05) is 31.8 Å². The van der Waals surface area contributed by atoms with E-state index in [4.69, 9.17) is 4.74 Å². The molecule has 0 saturated heterocycles. The van der Waals surface area contributed by atoms with Crippen LogP contribution < -0.4 is 5.32 Å². The lowest BCUT2D eigenvalue weighted by Crippen LogP contribution is -1.97. The average Bonchev–Trinajstić information content (AvgIpc) is 2.26. The topological polar surface area (TPSA) is 47.0 Å². The van der Waals surface area contributed by atoms with Crippen LogP contribution in [0, 0.1) is 0 Å². The second-order valence-corrected chi connectivity index (χ2v) is 4.66. The molecule has 0 aliphatic heterocycles. The molecule has 1 rings (SSSR count). The first-order chi connectivity index (χ1) is 7.29. The summed E-state index contributed by atoms with van der Waals surface area (Å²) in [5, 5.41) is 3.96. The average molecular weight is 292 g/mol. The van der Waals surface area contributed by atoms with Crippen molar-refractivity contribution in [2.24, 2.45) is 0 Å². The van der Waals surface area contributed by atoms with Crippen molar-refractivity contribution in [1.29, 1.82) is 0 Å². The van der Waals surface area contributed by atoms with E-state index in [-0.39, 0.29) is 0 Å². The van der Waals surface area contributed by atoms with Crippen molar-refractivity contribution in [3.8, 4) is 0 Å². The third-order valence-corrected chi connectivity index (χ3v) is 3.82. The molecule has 0 aromatic carbocycles. The Labute approximate surface area is 102 Å². The van der Waals surface area contributed by atoms with Gasteiger partial charge in [-0.1, -0.05) is 0 Å². The van der Waals surface area contributed by atoms with Crippen LogP contribution in [0.5, 0.6) is 0 Å². The van der Waals surface area contributed by atoms with Gasteiger partial charge in [0.2, 0.25) is 0 Å². The lowest BCUT2D eigenvalue weighted by atomic mass is 10.5. The molecule has 0 atom stereocenters. The summed E-state index contributed by atoms with van der Waals surface area (Å²) in [6.07, 6.45) is 2.59. The Bertz CT molecular complexity index is 311. The minimum atomic E-state index is 0.786. The molecule has 0 unspecified atom stereocenters. The van der Waals surface area contributed by atoms with Crippen molar-refractivity contribution in [1.82, 2.24) is 9.97 Å². The van der Waals surface area contributed by atoms with Crippen LogP contribution in [-0.4, -0.2) is 36.5 Å². The highest BCUT2D eigenvalue weighted by Crippen LogP contribution is 2.29. The van der Waals surface area contributed by atoms with Crippen LogP contribution in [0.15, 0.2) is 15.8 Å². The SMILES string of the molecule is CNc1ncnc(SCCCOC)c1Br. The maximum atomic E-state index is 4.98. The monoisotopic (exact) mass is 291 g/mol. The zero-order chi connectivity index (χ0) is 11.1. The van der Waals surface area contributed by atoms with Gasteiger partial charge in [0.1, 0.15) is 17.2 Å². The Balaban J connectivity index is 2.53. The molecule has 0 radical (unpaired) electrons. The summed E-state index contributed by atoms with van der Waals surface area (Å²) < 4.78 is 5.91. The van der Waals surface area contributed by atoms with Crippen LogP contribution in [0.4, 0.5) is 5.82 Å². The van der Waals surface area contributed by atoms with E-state index in [1.54, 1.807) is 25.2 Å². The Morgan fingerprint density at radius 2 is 2.33 bits per heavy atom. The third-order valence-electron chi connectivity index (χ3n) is 1.73. The fourth-order valence-electron chi connectivity index (χ4n) is 1.00. The molecule has 0 aliphatic rings. The van der Waals surface area contributed by atoms with E-state index in [0.29, 0.717) is 0 Å². The quantitative estimate of drug-likeness (QED) is 0.495. The van der Waals surface area contributed by atoms with Gasteiger partial charge in [-0.15, -0.1) is 11.8 Å². The van der Waals surface area contributed by atoms with Gasteiger partial charge in [-0.05, 0) is 22.4 Å². The highest BCUT2D eigenvalue weighted by molar-refractivity contribution is 9.10. The Hall–Kier alpha value is -0.330. The molecule has 84 valence electrons. The van der Waals surface area contributed by atoms with Crippen molar-refractivity contribution < 1.29 is 4.74 Å². The first kappa shape index (κ1) is 12.7. The van der Waals surface area contributed by atoms with Gasteiger partial charge >= 0.3 is 0 Å². The Morgan fingerprint density at radius 1 is 1.53 bits per heavy atom. The minimum absolute atomic E-state index is 0.786. The summed E-state index contributed by atoms with van der Waals surface area (Å²) in [6.45, 7) is 0.786. The molecule has 0 bridgehead atoms. The Kier molecular flexibility index (Phi) is 5.97. The number of aromatic nitrogens is 2. The number of ether oxygens (including phenoxy) is 1. The van der Waals surface area contributed by atoms with E-state index in [0.717, 1.165) is 34.1 Å². The number of nitrogens with zero attached hydrogens (tertiary/aromatic N) is 2. The molecule has 0 aliphatic carbocycles. The molecule has 1 heterocycles. The summed E-state index contributed by atoms with van der Waals surface area (Å²) in [4.78, 5) is 8.30. The summed E-state index contributed by atoms with van der Waals surface area (Å²) in [7, 11) is 3.55. The Morgan fingerprint density at radius 3 is 3.00 bits per heavy atom. The molecule has 0 amide bonds. The van der Waals surface area contributed by atoms with E-state index >= 15 is 0 Å². The zero-order valence-electron chi connectivity index (χ0n) is 8.79. The van der Waals surface area contributed by atoms with E-state index in [1.165, 1.54) is 0 Å². The largest absolute Gasteiger partial charge is 0.385 e. The first-order valence-electron chi connectivity index (χ1n) is 4.59. The molecule has 0 saturated carbocycles. The molecule has 1 aromatic heterocycles. The van der Waals surface area contributed by atoms with Gasteiger partial charge in [-0.25, -0.2) is 9.97 Å². The standard InChI is InChI=1S/C9H14BrN3OS/c1-11-8-7(10)9(13-6-12-8)15-5-3-4-14-2/h6H,3-5H2,1-2H3,(H,11,12,13). The van der Waals surface area contributed by atoms with Gasteiger partial charge in [0.05, 0.1) is 4.47 Å². The van der Waals surface area contributed by atoms with E-state index in [1.807, 2.05) is 7.05 Å². The normalized spacial score (nSPS) is 10.3. The van der Waals surface area contributed by atoms with E-state index < -0.39 is 0 Å².